The molecule has 0 aliphatic carbocycles. The molecule has 0 saturated heterocycles. The standard InChI is InChI=1S/C14H19NO3/c1-9(2)8-15-11-6-5-10(16)7-12(11)18-14(3,4)13(15)17/h5-7,9,16H,8H2,1-4H3. The smallest absolute Gasteiger partial charge is 0.270 e. The summed E-state index contributed by atoms with van der Waals surface area (Å²) in [4.78, 5) is 14.1. The minimum atomic E-state index is -0.893. The van der Waals surface area contributed by atoms with Gasteiger partial charge in [-0.2, -0.15) is 0 Å². The van der Waals surface area contributed by atoms with Crippen LogP contribution in [0.5, 0.6) is 11.5 Å². The largest absolute Gasteiger partial charge is 0.508 e. The van der Waals surface area contributed by atoms with Gasteiger partial charge in [0.1, 0.15) is 11.5 Å². The topological polar surface area (TPSA) is 49.8 Å². The number of amides is 1. The van der Waals surface area contributed by atoms with Crippen LogP contribution in [0.4, 0.5) is 5.69 Å². The highest BCUT2D eigenvalue weighted by atomic mass is 16.5. The van der Waals surface area contributed by atoms with Gasteiger partial charge in [0.2, 0.25) is 0 Å². The summed E-state index contributed by atoms with van der Waals surface area (Å²) in [5.41, 5.74) is -0.166. The molecule has 1 aliphatic rings. The molecule has 0 fully saturated rings. The van der Waals surface area contributed by atoms with Gasteiger partial charge >= 0.3 is 0 Å². The summed E-state index contributed by atoms with van der Waals surface area (Å²) in [5, 5.41) is 9.51. The zero-order valence-electron chi connectivity index (χ0n) is 11.2. The Morgan fingerprint density at radius 3 is 2.67 bits per heavy atom. The van der Waals surface area contributed by atoms with Crippen LogP contribution in [0.25, 0.3) is 0 Å². The van der Waals surface area contributed by atoms with E-state index in [0.29, 0.717) is 18.2 Å². The average molecular weight is 249 g/mol. The molecule has 2 rings (SSSR count). The van der Waals surface area contributed by atoms with Crippen molar-refractivity contribution >= 4 is 11.6 Å². The van der Waals surface area contributed by atoms with E-state index < -0.39 is 5.60 Å². The number of ether oxygens (including phenoxy) is 1. The van der Waals surface area contributed by atoms with Gasteiger partial charge in [-0.25, -0.2) is 0 Å². The predicted molar refractivity (Wildman–Crippen MR) is 70.0 cm³/mol. The van der Waals surface area contributed by atoms with Gasteiger partial charge in [-0.3, -0.25) is 4.79 Å². The Hall–Kier alpha value is -1.71. The quantitative estimate of drug-likeness (QED) is 0.876. The molecule has 4 heteroatoms. The molecule has 0 aromatic heterocycles. The summed E-state index contributed by atoms with van der Waals surface area (Å²) in [6, 6.07) is 4.85. The van der Waals surface area contributed by atoms with E-state index in [0.717, 1.165) is 5.69 Å². The Kier molecular flexibility index (Phi) is 2.97. The molecule has 1 heterocycles. The number of anilines is 1. The molecular formula is C14H19NO3. The Bertz CT molecular complexity index is 480. The summed E-state index contributed by atoms with van der Waals surface area (Å²) < 4.78 is 5.67. The van der Waals surface area contributed by atoms with E-state index >= 15 is 0 Å². The molecule has 1 amide bonds. The van der Waals surface area contributed by atoms with Crippen molar-refractivity contribution in [1.29, 1.82) is 0 Å². The van der Waals surface area contributed by atoms with Gasteiger partial charge in [0.05, 0.1) is 5.69 Å². The normalized spacial score (nSPS) is 17.6. The van der Waals surface area contributed by atoms with Crippen molar-refractivity contribution in [2.24, 2.45) is 5.92 Å². The molecule has 18 heavy (non-hydrogen) atoms. The van der Waals surface area contributed by atoms with E-state index in [1.165, 1.54) is 0 Å². The number of phenols is 1. The first-order valence-corrected chi connectivity index (χ1v) is 6.15. The molecule has 0 unspecified atom stereocenters. The maximum absolute atomic E-state index is 12.4. The SMILES string of the molecule is CC(C)CN1C(=O)C(C)(C)Oc2cc(O)ccc21. The second-order valence-electron chi connectivity index (χ2n) is 5.57. The first-order chi connectivity index (χ1) is 8.31. The van der Waals surface area contributed by atoms with E-state index in [2.05, 4.69) is 13.8 Å². The van der Waals surface area contributed by atoms with Crippen LogP contribution in [0, 0.1) is 5.92 Å². The van der Waals surface area contributed by atoms with Crippen LogP contribution in [0.3, 0.4) is 0 Å². The number of phenolic OH excluding ortho intramolecular Hbond substituents is 1. The van der Waals surface area contributed by atoms with Crippen molar-refractivity contribution in [3.63, 3.8) is 0 Å². The molecule has 1 aliphatic heterocycles. The molecule has 0 saturated carbocycles. The lowest BCUT2D eigenvalue weighted by Gasteiger charge is -2.39. The Morgan fingerprint density at radius 1 is 1.39 bits per heavy atom. The molecule has 0 spiro atoms. The van der Waals surface area contributed by atoms with Crippen LogP contribution in [0.15, 0.2) is 18.2 Å². The lowest BCUT2D eigenvalue weighted by molar-refractivity contribution is -0.132. The number of aromatic hydroxyl groups is 1. The van der Waals surface area contributed by atoms with Crippen LogP contribution in [-0.4, -0.2) is 23.2 Å². The van der Waals surface area contributed by atoms with Crippen LogP contribution < -0.4 is 9.64 Å². The summed E-state index contributed by atoms with van der Waals surface area (Å²) >= 11 is 0. The molecule has 1 N–H and O–H groups in total. The highest BCUT2D eigenvalue weighted by Crippen LogP contribution is 2.39. The zero-order chi connectivity index (χ0) is 13.5. The van der Waals surface area contributed by atoms with Crippen LogP contribution in [-0.2, 0) is 4.79 Å². The zero-order valence-corrected chi connectivity index (χ0v) is 11.2. The van der Waals surface area contributed by atoms with E-state index in [-0.39, 0.29) is 11.7 Å². The second kappa shape index (κ2) is 4.19. The van der Waals surface area contributed by atoms with E-state index in [1.807, 2.05) is 0 Å². The van der Waals surface area contributed by atoms with Gasteiger partial charge in [-0.15, -0.1) is 0 Å². The van der Waals surface area contributed by atoms with Crippen molar-refractivity contribution < 1.29 is 14.6 Å². The maximum atomic E-state index is 12.4. The second-order valence-corrected chi connectivity index (χ2v) is 5.57. The molecule has 1 aromatic carbocycles. The molecule has 4 nitrogen and oxygen atoms in total. The summed E-state index contributed by atoms with van der Waals surface area (Å²) in [7, 11) is 0. The fourth-order valence-electron chi connectivity index (χ4n) is 2.11. The molecule has 98 valence electrons. The number of hydrogen-bond acceptors (Lipinski definition) is 3. The van der Waals surface area contributed by atoms with Gasteiger partial charge in [0, 0.05) is 12.6 Å². The highest BCUT2D eigenvalue weighted by molar-refractivity contribution is 6.02. The van der Waals surface area contributed by atoms with Crippen molar-refractivity contribution in [3.8, 4) is 11.5 Å². The minimum absolute atomic E-state index is 0.0469. The van der Waals surface area contributed by atoms with Gasteiger partial charge in [-0.05, 0) is 31.9 Å². The molecular weight excluding hydrogens is 230 g/mol. The number of nitrogens with zero attached hydrogens (tertiary/aromatic N) is 1. The Morgan fingerprint density at radius 2 is 2.06 bits per heavy atom. The number of fused-ring (bicyclic) bond motifs is 1. The fraction of sp³-hybridized carbons (Fsp3) is 0.500. The number of carbonyl (C=O) groups is 1. The van der Waals surface area contributed by atoms with Gasteiger partial charge < -0.3 is 14.7 Å². The Labute approximate surface area is 107 Å². The first-order valence-electron chi connectivity index (χ1n) is 6.15. The lowest BCUT2D eigenvalue weighted by Crippen LogP contribution is -2.53. The molecule has 0 bridgehead atoms. The van der Waals surface area contributed by atoms with E-state index in [4.69, 9.17) is 4.74 Å². The maximum Gasteiger partial charge on any atom is 0.270 e. The Balaban J connectivity index is 2.48. The highest BCUT2D eigenvalue weighted by Gasteiger charge is 2.41. The van der Waals surface area contributed by atoms with Crippen LogP contribution in [0.2, 0.25) is 0 Å². The van der Waals surface area contributed by atoms with Crippen molar-refractivity contribution in [2.75, 3.05) is 11.4 Å². The lowest BCUT2D eigenvalue weighted by atomic mass is 10.0. The molecule has 0 radical (unpaired) electrons. The van der Waals surface area contributed by atoms with Crippen LogP contribution in [0.1, 0.15) is 27.7 Å². The first kappa shape index (κ1) is 12.7. The summed E-state index contributed by atoms with van der Waals surface area (Å²) in [6.45, 7) is 8.26. The average Bonchev–Trinajstić information content (AvgIpc) is 2.23. The van der Waals surface area contributed by atoms with E-state index in [1.54, 1.807) is 36.9 Å². The number of carbonyl (C=O) groups excluding carboxylic acids is 1. The van der Waals surface area contributed by atoms with Gasteiger partial charge in [-0.1, -0.05) is 13.8 Å². The third kappa shape index (κ3) is 2.15. The number of benzene rings is 1. The fourth-order valence-corrected chi connectivity index (χ4v) is 2.11. The monoisotopic (exact) mass is 249 g/mol. The molecule has 1 aromatic rings. The van der Waals surface area contributed by atoms with Crippen molar-refractivity contribution in [3.05, 3.63) is 18.2 Å². The van der Waals surface area contributed by atoms with Crippen molar-refractivity contribution in [1.82, 2.24) is 0 Å². The predicted octanol–water partition coefficient (Wildman–Crippen LogP) is 2.55. The van der Waals surface area contributed by atoms with E-state index in [9.17, 15) is 9.90 Å². The van der Waals surface area contributed by atoms with Gasteiger partial charge in [0.15, 0.2) is 5.60 Å². The third-order valence-electron chi connectivity index (χ3n) is 2.91. The van der Waals surface area contributed by atoms with Crippen LogP contribution >= 0.6 is 0 Å². The van der Waals surface area contributed by atoms with Gasteiger partial charge in [0.25, 0.3) is 5.91 Å². The van der Waals surface area contributed by atoms with Crippen molar-refractivity contribution in [2.45, 2.75) is 33.3 Å². The number of rotatable bonds is 2. The molecule has 0 atom stereocenters. The third-order valence-corrected chi connectivity index (χ3v) is 2.91. The minimum Gasteiger partial charge on any atom is -0.508 e. The number of hydrogen-bond donors (Lipinski definition) is 1. The summed E-state index contributed by atoms with van der Waals surface area (Å²) in [6.07, 6.45) is 0. The summed E-state index contributed by atoms with van der Waals surface area (Å²) in [5.74, 6) is 1.02.